The fraction of sp³-hybridized carbons (Fsp3) is 0.333. The fourth-order valence-electron chi connectivity index (χ4n) is 3.81. The van der Waals surface area contributed by atoms with Crippen molar-refractivity contribution in [1.29, 1.82) is 0 Å². The molecular weight excluding hydrogens is 296 g/mol. The third-order valence-corrected chi connectivity index (χ3v) is 5.27. The van der Waals surface area contributed by atoms with Gasteiger partial charge in [-0.2, -0.15) is 0 Å². The van der Waals surface area contributed by atoms with E-state index in [9.17, 15) is 5.11 Å². The number of anilines is 2. The lowest BCUT2D eigenvalue weighted by molar-refractivity contribution is 0.159. The molecule has 0 saturated carbocycles. The highest BCUT2D eigenvalue weighted by atomic mass is 16.3. The van der Waals surface area contributed by atoms with Crippen LogP contribution in [-0.4, -0.2) is 31.3 Å². The van der Waals surface area contributed by atoms with Gasteiger partial charge >= 0.3 is 0 Å². The van der Waals surface area contributed by atoms with Crippen LogP contribution in [0.15, 0.2) is 54.6 Å². The van der Waals surface area contributed by atoms with Crippen molar-refractivity contribution in [3.8, 4) is 0 Å². The Balaban J connectivity index is 1.63. The van der Waals surface area contributed by atoms with E-state index in [-0.39, 0.29) is 6.04 Å². The van der Waals surface area contributed by atoms with E-state index < -0.39 is 6.10 Å². The molecule has 3 nitrogen and oxygen atoms in total. The van der Waals surface area contributed by atoms with E-state index >= 15 is 0 Å². The summed E-state index contributed by atoms with van der Waals surface area (Å²) >= 11 is 0. The molecule has 0 radical (unpaired) electrons. The zero-order chi connectivity index (χ0) is 16.5. The topological polar surface area (TPSA) is 26.7 Å². The van der Waals surface area contributed by atoms with Crippen molar-refractivity contribution in [2.45, 2.75) is 25.0 Å². The fourth-order valence-corrected chi connectivity index (χ4v) is 3.81. The number of hydrogen-bond donors (Lipinski definition) is 1. The van der Waals surface area contributed by atoms with E-state index in [2.05, 4.69) is 52.3 Å². The van der Waals surface area contributed by atoms with Gasteiger partial charge in [-0.05, 0) is 48.2 Å². The van der Waals surface area contributed by atoms with Crippen molar-refractivity contribution in [3.63, 3.8) is 0 Å². The number of aliphatic hydroxyl groups is 1. The van der Waals surface area contributed by atoms with E-state index in [1.165, 1.54) is 18.5 Å². The van der Waals surface area contributed by atoms with Crippen LogP contribution in [0.1, 0.15) is 30.1 Å². The van der Waals surface area contributed by atoms with Gasteiger partial charge in [0, 0.05) is 31.5 Å². The standard InChI is InChI=1S/C21H24N2O/c1-22(17-7-3-2-4-8-17)20-12-10-16-9-11-18(15-19(16)21(20)24)23-13-5-6-14-23/h2-4,7-12,15,20-21,24H,5-6,13-14H2,1H3/t20-,21-/m0/s1. The van der Waals surface area contributed by atoms with Crippen LogP contribution in [0.5, 0.6) is 0 Å². The number of para-hydroxylation sites is 1. The Bertz CT molecular complexity index is 735. The van der Waals surface area contributed by atoms with Gasteiger partial charge < -0.3 is 14.9 Å². The summed E-state index contributed by atoms with van der Waals surface area (Å²) in [5.41, 5.74) is 4.52. The largest absolute Gasteiger partial charge is 0.386 e. The highest BCUT2D eigenvalue weighted by Crippen LogP contribution is 2.35. The molecular formula is C21H24N2O. The molecule has 0 spiro atoms. The molecule has 1 heterocycles. The number of hydrogen-bond acceptors (Lipinski definition) is 3. The van der Waals surface area contributed by atoms with Crippen molar-refractivity contribution in [2.75, 3.05) is 29.9 Å². The summed E-state index contributed by atoms with van der Waals surface area (Å²) in [5, 5.41) is 11.0. The van der Waals surface area contributed by atoms with Crippen LogP contribution in [0.25, 0.3) is 6.08 Å². The second-order valence-electron chi connectivity index (χ2n) is 6.75. The van der Waals surface area contributed by atoms with Crippen molar-refractivity contribution in [2.24, 2.45) is 0 Å². The molecule has 2 aromatic carbocycles. The smallest absolute Gasteiger partial charge is 0.104 e. The van der Waals surface area contributed by atoms with Crippen molar-refractivity contribution in [3.05, 3.63) is 65.7 Å². The van der Waals surface area contributed by atoms with Gasteiger partial charge in [0.1, 0.15) is 6.10 Å². The summed E-state index contributed by atoms with van der Waals surface area (Å²) in [6, 6.07) is 16.7. The summed E-state index contributed by atoms with van der Waals surface area (Å²) < 4.78 is 0. The zero-order valence-corrected chi connectivity index (χ0v) is 14.1. The Morgan fingerprint density at radius 1 is 1.04 bits per heavy atom. The quantitative estimate of drug-likeness (QED) is 0.930. The molecule has 4 rings (SSSR count). The van der Waals surface area contributed by atoms with Gasteiger partial charge in [0.2, 0.25) is 0 Å². The zero-order valence-electron chi connectivity index (χ0n) is 14.1. The van der Waals surface area contributed by atoms with Gasteiger partial charge in [-0.25, -0.2) is 0 Å². The number of benzene rings is 2. The van der Waals surface area contributed by atoms with Crippen LogP contribution in [-0.2, 0) is 0 Å². The molecule has 0 bridgehead atoms. The Morgan fingerprint density at radius 3 is 2.54 bits per heavy atom. The molecule has 2 atom stereocenters. The molecule has 3 heteroatoms. The first-order valence-corrected chi connectivity index (χ1v) is 8.77. The monoisotopic (exact) mass is 320 g/mol. The Morgan fingerprint density at radius 2 is 1.79 bits per heavy atom. The minimum absolute atomic E-state index is 0.0475. The lowest BCUT2D eigenvalue weighted by atomic mass is 9.90. The summed E-state index contributed by atoms with van der Waals surface area (Å²) in [5.74, 6) is 0. The SMILES string of the molecule is CN(c1ccccc1)[C@H]1C=Cc2ccc(N3CCCC3)cc2[C@@H]1O. The van der Waals surface area contributed by atoms with Crippen LogP contribution in [0, 0.1) is 0 Å². The molecule has 24 heavy (non-hydrogen) atoms. The van der Waals surface area contributed by atoms with Crippen LogP contribution in [0.4, 0.5) is 11.4 Å². The molecule has 2 aromatic rings. The van der Waals surface area contributed by atoms with Crippen LogP contribution < -0.4 is 9.80 Å². The predicted octanol–water partition coefficient (Wildman–Crippen LogP) is 3.85. The Hall–Kier alpha value is -2.26. The molecule has 2 aliphatic rings. The first-order valence-electron chi connectivity index (χ1n) is 8.77. The van der Waals surface area contributed by atoms with Crippen LogP contribution >= 0.6 is 0 Å². The minimum atomic E-state index is -0.516. The van der Waals surface area contributed by atoms with Gasteiger partial charge in [0.05, 0.1) is 6.04 Å². The molecule has 1 aliphatic carbocycles. The summed E-state index contributed by atoms with van der Waals surface area (Å²) in [7, 11) is 2.04. The highest BCUT2D eigenvalue weighted by molar-refractivity contribution is 5.66. The normalized spacial score (nSPS) is 22.5. The van der Waals surface area contributed by atoms with E-state index in [4.69, 9.17) is 0 Å². The molecule has 0 aromatic heterocycles. The number of nitrogens with zero attached hydrogens (tertiary/aromatic N) is 2. The second-order valence-corrected chi connectivity index (χ2v) is 6.75. The molecule has 1 saturated heterocycles. The van der Waals surface area contributed by atoms with Gasteiger partial charge in [0.15, 0.2) is 0 Å². The molecule has 0 unspecified atom stereocenters. The number of rotatable bonds is 3. The van der Waals surface area contributed by atoms with Gasteiger partial charge in [-0.1, -0.05) is 36.4 Å². The first kappa shape index (κ1) is 15.3. The number of likely N-dealkylation sites (N-methyl/N-ethyl adjacent to an activating group) is 1. The van der Waals surface area contributed by atoms with Crippen LogP contribution in [0.2, 0.25) is 0 Å². The maximum absolute atomic E-state index is 11.0. The minimum Gasteiger partial charge on any atom is -0.386 e. The first-order chi connectivity index (χ1) is 11.7. The number of aliphatic hydroxyl groups excluding tert-OH is 1. The van der Waals surface area contributed by atoms with E-state index in [1.54, 1.807) is 0 Å². The Kier molecular flexibility index (Phi) is 4.03. The van der Waals surface area contributed by atoms with Crippen LogP contribution in [0.3, 0.4) is 0 Å². The Labute approximate surface area is 143 Å². The third-order valence-electron chi connectivity index (χ3n) is 5.27. The van der Waals surface area contributed by atoms with E-state index in [1.807, 2.05) is 25.2 Å². The molecule has 124 valence electrons. The van der Waals surface area contributed by atoms with E-state index in [0.717, 1.165) is 29.9 Å². The van der Waals surface area contributed by atoms with Gasteiger partial charge in [-0.15, -0.1) is 0 Å². The summed E-state index contributed by atoms with van der Waals surface area (Å²) in [6.07, 6.45) is 6.26. The molecule has 1 fully saturated rings. The average Bonchev–Trinajstić information content (AvgIpc) is 3.17. The number of fused-ring (bicyclic) bond motifs is 1. The van der Waals surface area contributed by atoms with Gasteiger partial charge in [0.25, 0.3) is 0 Å². The van der Waals surface area contributed by atoms with E-state index in [0.29, 0.717) is 0 Å². The predicted molar refractivity (Wildman–Crippen MR) is 101 cm³/mol. The van der Waals surface area contributed by atoms with Crippen molar-refractivity contribution < 1.29 is 5.11 Å². The van der Waals surface area contributed by atoms with Crippen molar-refractivity contribution in [1.82, 2.24) is 0 Å². The third kappa shape index (κ3) is 2.69. The summed E-state index contributed by atoms with van der Waals surface area (Å²) in [4.78, 5) is 4.56. The lowest BCUT2D eigenvalue weighted by Crippen LogP contribution is -2.37. The molecule has 0 amide bonds. The molecule has 1 aliphatic heterocycles. The molecule has 1 N–H and O–H groups in total. The highest BCUT2D eigenvalue weighted by Gasteiger charge is 2.28. The average molecular weight is 320 g/mol. The maximum atomic E-state index is 11.0. The van der Waals surface area contributed by atoms with Gasteiger partial charge in [-0.3, -0.25) is 0 Å². The lowest BCUT2D eigenvalue weighted by Gasteiger charge is -2.35. The maximum Gasteiger partial charge on any atom is 0.104 e. The summed E-state index contributed by atoms with van der Waals surface area (Å²) in [6.45, 7) is 2.25. The second kappa shape index (κ2) is 6.33. The van der Waals surface area contributed by atoms with Crippen molar-refractivity contribution >= 4 is 17.5 Å².